The zero-order valence-corrected chi connectivity index (χ0v) is 12.7. The van der Waals surface area contributed by atoms with Crippen LogP contribution in [0.2, 0.25) is 0 Å². The number of nitrogen functional groups attached to an aromatic ring is 1. The Morgan fingerprint density at radius 3 is 2.62 bits per heavy atom. The highest BCUT2D eigenvalue weighted by Gasteiger charge is 2.36. The van der Waals surface area contributed by atoms with Gasteiger partial charge in [0, 0.05) is 0 Å². The molecular formula is C15H18N2O3S. The van der Waals surface area contributed by atoms with Crippen LogP contribution in [0.4, 0.5) is 5.82 Å². The van der Waals surface area contributed by atoms with E-state index >= 15 is 0 Å². The molecule has 2 aromatic rings. The molecule has 0 bridgehead atoms. The minimum atomic E-state index is -3.19. The van der Waals surface area contributed by atoms with Crippen LogP contribution < -0.4 is 5.73 Å². The van der Waals surface area contributed by atoms with Crippen molar-refractivity contribution in [3.63, 3.8) is 0 Å². The molecule has 1 aliphatic rings. The summed E-state index contributed by atoms with van der Waals surface area (Å²) in [6.07, 6.45) is 2.15. The van der Waals surface area contributed by atoms with Gasteiger partial charge in [-0.3, -0.25) is 0 Å². The minimum Gasteiger partial charge on any atom is -0.380 e. The van der Waals surface area contributed by atoms with Gasteiger partial charge in [-0.1, -0.05) is 41.4 Å². The van der Waals surface area contributed by atoms with Gasteiger partial charge in [0.1, 0.15) is 5.25 Å². The highest BCUT2D eigenvalue weighted by molar-refractivity contribution is 7.91. The topological polar surface area (TPSA) is 86.2 Å². The molecule has 0 spiro atoms. The van der Waals surface area contributed by atoms with E-state index in [1.54, 1.807) is 0 Å². The Hall–Kier alpha value is -1.82. The summed E-state index contributed by atoms with van der Waals surface area (Å²) in [6.45, 7) is 1.99. The van der Waals surface area contributed by atoms with Crippen molar-refractivity contribution < 1.29 is 12.9 Å². The van der Waals surface area contributed by atoms with Crippen LogP contribution in [0.5, 0.6) is 0 Å². The molecule has 1 aliphatic heterocycles. The average Bonchev–Trinajstić information content (AvgIpc) is 2.81. The smallest absolute Gasteiger partial charge is 0.175 e. The number of nitrogens with two attached hydrogens (primary N) is 1. The summed E-state index contributed by atoms with van der Waals surface area (Å²) in [6, 6.07) is 7.75. The monoisotopic (exact) mass is 306 g/mol. The second-order valence-electron chi connectivity index (χ2n) is 5.52. The number of aromatic nitrogens is 1. The normalized spacial score (nSPS) is 21.3. The summed E-state index contributed by atoms with van der Waals surface area (Å²) in [5.74, 6) is 0.830. The Labute approximate surface area is 124 Å². The lowest BCUT2D eigenvalue weighted by atomic mass is 10.0. The number of nitrogens with zero attached hydrogens (tertiary/aromatic N) is 1. The van der Waals surface area contributed by atoms with Crippen LogP contribution in [0.25, 0.3) is 11.1 Å². The second kappa shape index (κ2) is 5.18. The van der Waals surface area contributed by atoms with Gasteiger partial charge in [0.25, 0.3) is 0 Å². The maximum atomic E-state index is 12.3. The molecular weight excluding hydrogens is 288 g/mol. The molecule has 1 aromatic heterocycles. The standard InChI is InChI=1S/C15H18N2O3S/c1-10-5-7-11(8-6-10)13-14(20-17-15(13)16)12-4-2-3-9-21(12,18)19/h5-8,12H,2-4,9H2,1H3,(H2,16,17). The summed E-state index contributed by atoms with van der Waals surface area (Å²) in [4.78, 5) is 0. The molecule has 2 N–H and O–H groups in total. The van der Waals surface area contributed by atoms with E-state index in [2.05, 4.69) is 5.16 Å². The van der Waals surface area contributed by atoms with Crippen molar-refractivity contribution in [3.05, 3.63) is 35.6 Å². The fourth-order valence-corrected chi connectivity index (χ4v) is 4.70. The zero-order chi connectivity index (χ0) is 15.0. The third-order valence-electron chi connectivity index (χ3n) is 3.96. The van der Waals surface area contributed by atoms with E-state index in [1.807, 2.05) is 31.2 Å². The molecule has 1 fully saturated rings. The maximum absolute atomic E-state index is 12.3. The van der Waals surface area contributed by atoms with Gasteiger partial charge in [-0.05, 0) is 25.3 Å². The van der Waals surface area contributed by atoms with Gasteiger partial charge < -0.3 is 10.3 Å². The number of hydrogen-bond donors (Lipinski definition) is 1. The first-order valence-electron chi connectivity index (χ1n) is 7.02. The summed E-state index contributed by atoms with van der Waals surface area (Å²) in [5, 5.41) is 3.16. The van der Waals surface area contributed by atoms with Gasteiger partial charge in [-0.15, -0.1) is 0 Å². The van der Waals surface area contributed by atoms with Gasteiger partial charge in [0.05, 0.1) is 11.3 Å². The number of hydrogen-bond acceptors (Lipinski definition) is 5. The molecule has 2 heterocycles. The second-order valence-corrected chi connectivity index (χ2v) is 7.83. The van der Waals surface area contributed by atoms with Crippen LogP contribution in [0, 0.1) is 6.92 Å². The molecule has 0 aliphatic carbocycles. The fourth-order valence-electron chi connectivity index (χ4n) is 2.79. The molecule has 3 rings (SSSR count). The first-order valence-corrected chi connectivity index (χ1v) is 8.74. The Balaban J connectivity index is 2.11. The Morgan fingerprint density at radius 1 is 1.24 bits per heavy atom. The van der Waals surface area contributed by atoms with Gasteiger partial charge in [0.15, 0.2) is 21.4 Å². The van der Waals surface area contributed by atoms with Crippen molar-refractivity contribution in [2.75, 3.05) is 11.5 Å². The summed E-state index contributed by atoms with van der Waals surface area (Å²) < 4.78 is 29.9. The van der Waals surface area contributed by atoms with Crippen molar-refractivity contribution in [2.45, 2.75) is 31.4 Å². The number of benzene rings is 1. The van der Waals surface area contributed by atoms with Crippen LogP contribution in [-0.4, -0.2) is 19.3 Å². The van der Waals surface area contributed by atoms with Crippen molar-refractivity contribution in [1.29, 1.82) is 0 Å². The first kappa shape index (κ1) is 14.1. The van der Waals surface area contributed by atoms with Gasteiger partial charge in [-0.25, -0.2) is 8.42 Å². The predicted octanol–water partition coefficient (Wildman–Crippen LogP) is 2.87. The van der Waals surface area contributed by atoms with E-state index in [0.717, 1.165) is 17.5 Å². The van der Waals surface area contributed by atoms with Gasteiger partial charge >= 0.3 is 0 Å². The third kappa shape index (κ3) is 2.55. The lowest BCUT2D eigenvalue weighted by Gasteiger charge is -2.20. The molecule has 1 aromatic carbocycles. The molecule has 21 heavy (non-hydrogen) atoms. The minimum absolute atomic E-state index is 0.200. The number of rotatable bonds is 2. The summed E-state index contributed by atoms with van der Waals surface area (Å²) >= 11 is 0. The average molecular weight is 306 g/mol. The van der Waals surface area contributed by atoms with Crippen LogP contribution in [0.3, 0.4) is 0 Å². The summed E-state index contributed by atoms with van der Waals surface area (Å²) in [7, 11) is -3.19. The van der Waals surface area contributed by atoms with Gasteiger partial charge in [-0.2, -0.15) is 0 Å². The predicted molar refractivity (Wildman–Crippen MR) is 81.5 cm³/mol. The number of anilines is 1. The van der Waals surface area contributed by atoms with Crippen molar-refractivity contribution >= 4 is 15.7 Å². The molecule has 1 saturated heterocycles. The van der Waals surface area contributed by atoms with E-state index in [1.165, 1.54) is 0 Å². The van der Waals surface area contributed by atoms with Crippen molar-refractivity contribution in [3.8, 4) is 11.1 Å². The summed E-state index contributed by atoms with van der Waals surface area (Å²) in [5.41, 5.74) is 8.49. The maximum Gasteiger partial charge on any atom is 0.175 e. The van der Waals surface area contributed by atoms with Crippen LogP contribution in [0.1, 0.15) is 35.8 Å². The van der Waals surface area contributed by atoms with E-state index in [-0.39, 0.29) is 11.6 Å². The molecule has 6 heteroatoms. The molecule has 1 atom stereocenters. The molecule has 0 amide bonds. The number of aryl methyl sites for hydroxylation is 1. The largest absolute Gasteiger partial charge is 0.380 e. The highest BCUT2D eigenvalue weighted by Crippen LogP contribution is 2.41. The molecule has 0 radical (unpaired) electrons. The molecule has 5 nitrogen and oxygen atoms in total. The van der Waals surface area contributed by atoms with Crippen LogP contribution >= 0.6 is 0 Å². The van der Waals surface area contributed by atoms with E-state index < -0.39 is 15.1 Å². The third-order valence-corrected chi connectivity index (χ3v) is 6.13. The van der Waals surface area contributed by atoms with E-state index in [4.69, 9.17) is 10.3 Å². The fraction of sp³-hybridized carbons (Fsp3) is 0.400. The van der Waals surface area contributed by atoms with Crippen molar-refractivity contribution in [1.82, 2.24) is 5.16 Å². The Kier molecular flexibility index (Phi) is 3.49. The molecule has 1 unspecified atom stereocenters. The SMILES string of the molecule is Cc1ccc(-c2c(N)noc2C2CCCCS2(=O)=O)cc1. The molecule has 0 saturated carbocycles. The molecule has 112 valence electrons. The zero-order valence-electron chi connectivity index (χ0n) is 11.9. The van der Waals surface area contributed by atoms with Crippen molar-refractivity contribution in [2.24, 2.45) is 0 Å². The van der Waals surface area contributed by atoms with E-state index in [9.17, 15) is 8.42 Å². The van der Waals surface area contributed by atoms with E-state index in [0.29, 0.717) is 24.2 Å². The van der Waals surface area contributed by atoms with Gasteiger partial charge in [0.2, 0.25) is 0 Å². The first-order chi connectivity index (χ1) is 9.99. The highest BCUT2D eigenvalue weighted by atomic mass is 32.2. The lowest BCUT2D eigenvalue weighted by Crippen LogP contribution is -2.21. The van der Waals surface area contributed by atoms with Crippen LogP contribution in [-0.2, 0) is 9.84 Å². The quantitative estimate of drug-likeness (QED) is 0.922. The Morgan fingerprint density at radius 2 is 1.95 bits per heavy atom. The number of sulfone groups is 1. The Bertz CT molecular complexity index is 748. The lowest BCUT2D eigenvalue weighted by molar-refractivity contribution is 0.372. The van der Waals surface area contributed by atoms with Crippen LogP contribution in [0.15, 0.2) is 28.8 Å².